The van der Waals surface area contributed by atoms with Crippen molar-refractivity contribution < 1.29 is 4.39 Å². The summed E-state index contributed by atoms with van der Waals surface area (Å²) in [4.78, 5) is 0. The minimum absolute atomic E-state index is 0.156. The highest BCUT2D eigenvalue weighted by atomic mass is 19.1. The average molecular weight is 432 g/mol. The van der Waals surface area contributed by atoms with E-state index in [2.05, 4.69) is 41.7 Å². The number of benzene rings is 4. The maximum Gasteiger partial charge on any atom is 0.144 e. The molecule has 0 bridgehead atoms. The Morgan fingerprint density at radius 3 is 1.67 bits per heavy atom. The van der Waals surface area contributed by atoms with Gasteiger partial charge < -0.3 is 10.7 Å². The molecular formula is C29H26BFN2. The molecule has 0 saturated heterocycles. The van der Waals surface area contributed by atoms with Crippen LogP contribution in [-0.4, -0.2) is 13.6 Å². The summed E-state index contributed by atoms with van der Waals surface area (Å²) < 4.78 is 14.5. The Hall–Kier alpha value is -3.92. The lowest BCUT2D eigenvalue weighted by molar-refractivity contribution is 0.550. The first-order valence-corrected chi connectivity index (χ1v) is 11.0. The number of hydrogen-bond donors (Lipinski definition) is 2. The van der Waals surface area contributed by atoms with Crippen LogP contribution >= 0.6 is 0 Å². The predicted molar refractivity (Wildman–Crippen MR) is 137 cm³/mol. The highest BCUT2D eigenvalue weighted by Gasteiger charge is 2.35. The van der Waals surface area contributed by atoms with E-state index >= 15 is 0 Å². The van der Waals surface area contributed by atoms with Gasteiger partial charge in [0.25, 0.3) is 0 Å². The Balaban J connectivity index is 1.84. The monoisotopic (exact) mass is 432 g/mol. The molecule has 4 aromatic rings. The molecule has 4 heteroatoms. The Morgan fingerprint density at radius 2 is 1.24 bits per heavy atom. The van der Waals surface area contributed by atoms with Crippen LogP contribution < -0.4 is 5.32 Å². The second-order valence-corrected chi connectivity index (χ2v) is 8.18. The topological polar surface area (TPSA) is 35.9 Å². The quantitative estimate of drug-likeness (QED) is 0.224. The molecular weight excluding hydrogens is 406 g/mol. The van der Waals surface area contributed by atoms with Gasteiger partial charge in [0.1, 0.15) is 19.2 Å². The van der Waals surface area contributed by atoms with E-state index in [9.17, 15) is 4.39 Å². The van der Waals surface area contributed by atoms with Gasteiger partial charge >= 0.3 is 0 Å². The van der Waals surface area contributed by atoms with E-state index in [0.29, 0.717) is 11.0 Å². The first-order chi connectivity index (χ1) is 16.0. The number of rotatable bonds is 7. The van der Waals surface area contributed by atoms with Crippen molar-refractivity contribution in [1.29, 1.82) is 5.41 Å². The molecule has 0 fully saturated rings. The first-order valence-electron chi connectivity index (χ1n) is 11.0. The zero-order chi connectivity index (χ0) is 23.3. The summed E-state index contributed by atoms with van der Waals surface area (Å²) in [5.41, 5.74) is 4.45. The second-order valence-electron chi connectivity index (χ2n) is 8.18. The van der Waals surface area contributed by atoms with Gasteiger partial charge in [0, 0.05) is 5.56 Å². The number of nitrogens with one attached hydrogen (secondary N) is 2. The summed E-state index contributed by atoms with van der Waals surface area (Å²) in [7, 11) is 1.83. The molecule has 33 heavy (non-hydrogen) atoms. The second kappa shape index (κ2) is 9.70. The van der Waals surface area contributed by atoms with E-state index in [4.69, 9.17) is 5.41 Å². The van der Waals surface area contributed by atoms with Crippen LogP contribution in [0.25, 0.3) is 0 Å². The summed E-state index contributed by atoms with van der Waals surface area (Å²) in [6.07, 6.45) is 1.83. The molecule has 2 N–H and O–H groups in total. The molecule has 0 unspecified atom stereocenters. The predicted octanol–water partition coefficient (Wildman–Crippen LogP) is 5.56. The van der Waals surface area contributed by atoms with Crippen molar-refractivity contribution in [2.45, 2.75) is 12.5 Å². The number of aryl methyl sites for hydroxylation is 1. The van der Waals surface area contributed by atoms with Crippen LogP contribution in [0.2, 0.25) is 0 Å². The van der Waals surface area contributed by atoms with E-state index in [1.54, 1.807) is 6.07 Å². The zero-order valence-corrected chi connectivity index (χ0v) is 18.8. The average Bonchev–Trinajstić information content (AvgIpc) is 2.86. The third-order valence-electron chi connectivity index (χ3n) is 5.91. The zero-order valence-electron chi connectivity index (χ0n) is 18.8. The fraction of sp³-hybridized carbons (Fsp3) is 0.0690. The van der Waals surface area contributed by atoms with Crippen LogP contribution in [0.1, 0.15) is 27.8 Å². The Morgan fingerprint density at radius 1 is 0.788 bits per heavy atom. The lowest BCUT2D eigenvalue weighted by atomic mass is 9.76. The molecule has 0 aliphatic carbocycles. The molecule has 0 spiro atoms. The summed E-state index contributed by atoms with van der Waals surface area (Å²) in [6, 6.07) is 35.7. The summed E-state index contributed by atoms with van der Waals surface area (Å²) >= 11 is 0. The van der Waals surface area contributed by atoms with Crippen molar-refractivity contribution >= 4 is 13.6 Å². The van der Waals surface area contributed by atoms with Crippen LogP contribution in [0.3, 0.4) is 0 Å². The lowest BCUT2D eigenvalue weighted by Gasteiger charge is -2.37. The van der Waals surface area contributed by atoms with Crippen molar-refractivity contribution in [2.75, 3.05) is 0 Å². The lowest BCUT2D eigenvalue weighted by Crippen LogP contribution is -2.42. The molecule has 0 aliphatic rings. The Kier molecular flexibility index (Phi) is 6.55. The van der Waals surface area contributed by atoms with Crippen LogP contribution in [0, 0.1) is 18.2 Å². The highest BCUT2D eigenvalue weighted by molar-refractivity contribution is 6.40. The Bertz CT molecular complexity index is 1170. The van der Waals surface area contributed by atoms with Gasteiger partial charge in [0.2, 0.25) is 0 Å². The van der Waals surface area contributed by atoms with E-state index in [1.807, 2.05) is 81.6 Å². The van der Waals surface area contributed by atoms with Gasteiger partial charge in [0.15, 0.2) is 0 Å². The molecule has 0 atom stereocenters. The molecule has 162 valence electrons. The number of halogens is 1. The molecule has 0 radical (unpaired) electrons. The minimum Gasteiger partial charge on any atom is -0.374 e. The molecule has 2 nitrogen and oxygen atoms in total. The largest absolute Gasteiger partial charge is 0.374 e. The van der Waals surface area contributed by atoms with Crippen molar-refractivity contribution in [1.82, 2.24) is 5.32 Å². The summed E-state index contributed by atoms with van der Waals surface area (Å²) in [5, 5.41) is 12.3. The standard InChI is InChI=1S/C29H26BFN2/c1-21-17-18-25(27(31)19-21)28(32)26(30)20-33-29(22-11-5-2-6-12-22,23-13-7-3-8-14-23)24-15-9-4-10-16-24/h2-20,32-33H,30H2,1H3/b26-20+,32-28?. The molecule has 0 saturated carbocycles. The maximum absolute atomic E-state index is 14.5. The van der Waals surface area contributed by atoms with Crippen LogP contribution in [0.4, 0.5) is 4.39 Å². The van der Waals surface area contributed by atoms with Gasteiger partial charge in [0.05, 0.1) is 5.71 Å². The van der Waals surface area contributed by atoms with Crippen LogP contribution in [-0.2, 0) is 5.54 Å². The molecule has 0 heterocycles. The smallest absolute Gasteiger partial charge is 0.144 e. The van der Waals surface area contributed by atoms with E-state index in [-0.39, 0.29) is 11.5 Å². The molecule has 0 amide bonds. The van der Waals surface area contributed by atoms with Gasteiger partial charge in [-0.05, 0) is 53.0 Å². The summed E-state index contributed by atoms with van der Waals surface area (Å²) in [6.45, 7) is 1.84. The van der Waals surface area contributed by atoms with Crippen molar-refractivity contribution in [2.24, 2.45) is 0 Å². The maximum atomic E-state index is 14.5. The van der Waals surface area contributed by atoms with Gasteiger partial charge in [-0.15, -0.1) is 0 Å². The van der Waals surface area contributed by atoms with Gasteiger partial charge in [-0.25, -0.2) is 4.39 Å². The van der Waals surface area contributed by atoms with Crippen molar-refractivity contribution in [3.05, 3.63) is 155 Å². The normalized spacial score (nSPS) is 11.8. The fourth-order valence-corrected chi connectivity index (χ4v) is 4.14. The van der Waals surface area contributed by atoms with Gasteiger partial charge in [-0.1, -0.05) is 97.1 Å². The summed E-state index contributed by atoms with van der Waals surface area (Å²) in [5.74, 6) is -0.381. The van der Waals surface area contributed by atoms with E-state index in [1.165, 1.54) is 6.07 Å². The molecule has 4 aromatic carbocycles. The molecule has 0 aromatic heterocycles. The van der Waals surface area contributed by atoms with Crippen molar-refractivity contribution in [3.63, 3.8) is 0 Å². The van der Waals surface area contributed by atoms with Gasteiger partial charge in [-0.3, -0.25) is 0 Å². The van der Waals surface area contributed by atoms with Crippen LogP contribution in [0.5, 0.6) is 0 Å². The third kappa shape index (κ3) is 4.51. The van der Waals surface area contributed by atoms with Crippen LogP contribution in [0.15, 0.2) is 121 Å². The van der Waals surface area contributed by atoms with E-state index < -0.39 is 5.54 Å². The number of allylic oxidation sites excluding steroid dienone is 1. The molecule has 4 rings (SSSR count). The fourth-order valence-electron chi connectivity index (χ4n) is 4.14. The third-order valence-corrected chi connectivity index (χ3v) is 5.91. The highest BCUT2D eigenvalue weighted by Crippen LogP contribution is 2.36. The first kappa shape index (κ1) is 22.3. The van der Waals surface area contributed by atoms with Crippen molar-refractivity contribution in [3.8, 4) is 0 Å². The molecule has 0 aliphatic heterocycles. The minimum atomic E-state index is -0.683. The van der Waals surface area contributed by atoms with Gasteiger partial charge in [-0.2, -0.15) is 0 Å². The van der Waals surface area contributed by atoms with E-state index in [0.717, 1.165) is 22.3 Å². The Labute approximate surface area is 195 Å². The SMILES string of the molecule is B/C(=C/NC(c1ccccc1)(c1ccccc1)c1ccccc1)C(=N)c1ccc(C)cc1F. The number of hydrogen-bond acceptors (Lipinski definition) is 2.